The van der Waals surface area contributed by atoms with Gasteiger partial charge in [0, 0.05) is 35.2 Å². The lowest BCUT2D eigenvalue weighted by molar-refractivity contribution is 0.581. The van der Waals surface area contributed by atoms with E-state index in [4.69, 9.17) is 11.6 Å². The Bertz CT molecular complexity index is 1040. The maximum absolute atomic E-state index is 12.5. The lowest BCUT2D eigenvalue weighted by Crippen LogP contribution is -2.26. The van der Waals surface area contributed by atoms with Gasteiger partial charge in [-0.2, -0.15) is 0 Å². The Morgan fingerprint density at radius 3 is 2.56 bits per heavy atom. The number of para-hydroxylation sites is 1. The molecule has 1 heterocycles. The Morgan fingerprint density at radius 2 is 1.84 bits per heavy atom. The van der Waals surface area contributed by atoms with Crippen molar-refractivity contribution in [3.05, 3.63) is 64.3 Å². The van der Waals surface area contributed by atoms with Crippen molar-refractivity contribution in [2.24, 2.45) is 7.05 Å². The van der Waals surface area contributed by atoms with Crippen molar-refractivity contribution in [1.29, 1.82) is 0 Å². The van der Waals surface area contributed by atoms with Gasteiger partial charge in [-0.25, -0.2) is 13.1 Å². The molecule has 6 heteroatoms. The molecule has 3 aromatic rings. The number of nitrogens with zero attached hydrogens (tertiary/aromatic N) is 1. The molecule has 0 amide bonds. The number of hydrogen-bond acceptors (Lipinski definition) is 2. The van der Waals surface area contributed by atoms with Crippen LogP contribution in [0.25, 0.3) is 10.9 Å². The van der Waals surface area contributed by atoms with Crippen LogP contribution in [0.2, 0.25) is 5.02 Å². The number of hydrogen-bond donors (Lipinski definition) is 1. The van der Waals surface area contributed by atoms with Crippen LogP contribution in [0, 0.1) is 13.8 Å². The number of rotatable bonds is 5. The van der Waals surface area contributed by atoms with Gasteiger partial charge in [-0.3, -0.25) is 0 Å². The van der Waals surface area contributed by atoms with E-state index < -0.39 is 10.0 Å². The third-order valence-electron chi connectivity index (χ3n) is 4.64. The van der Waals surface area contributed by atoms with Crippen LogP contribution in [0.5, 0.6) is 0 Å². The van der Waals surface area contributed by atoms with Crippen molar-refractivity contribution in [2.45, 2.75) is 25.2 Å². The molecule has 25 heavy (non-hydrogen) atoms. The molecule has 0 aliphatic carbocycles. The quantitative estimate of drug-likeness (QED) is 0.732. The number of sulfonamides is 1. The molecule has 132 valence electrons. The smallest absolute Gasteiger partial charge is 0.240 e. The minimum Gasteiger partial charge on any atom is -0.348 e. The summed E-state index contributed by atoms with van der Waals surface area (Å²) >= 11 is 5.97. The fourth-order valence-corrected chi connectivity index (χ4v) is 4.33. The van der Waals surface area contributed by atoms with Gasteiger partial charge >= 0.3 is 0 Å². The van der Waals surface area contributed by atoms with Crippen LogP contribution in [0.3, 0.4) is 0 Å². The van der Waals surface area contributed by atoms with Crippen LogP contribution in [0.4, 0.5) is 0 Å². The molecular weight excluding hydrogens is 356 g/mol. The molecule has 1 aromatic heterocycles. The highest BCUT2D eigenvalue weighted by molar-refractivity contribution is 7.89. The standard InChI is InChI=1S/C19H21ClN2O2S/c1-13-12-15(8-9-18(13)20)25(23,24)21-11-10-16-14(2)22(3)19-7-5-4-6-17(16)19/h4-9,12,21H,10-11H2,1-3H3. The van der Waals surface area contributed by atoms with Gasteiger partial charge in [-0.05, 0) is 55.7 Å². The molecular formula is C19H21ClN2O2S. The second kappa shape index (κ2) is 6.83. The molecule has 0 aliphatic heterocycles. The highest BCUT2D eigenvalue weighted by Gasteiger charge is 2.16. The summed E-state index contributed by atoms with van der Waals surface area (Å²) in [5.41, 5.74) is 4.23. The molecule has 4 nitrogen and oxygen atoms in total. The molecule has 0 bridgehead atoms. The van der Waals surface area contributed by atoms with Gasteiger partial charge in [0.05, 0.1) is 4.90 Å². The number of aromatic nitrogens is 1. The maximum Gasteiger partial charge on any atom is 0.240 e. The second-order valence-corrected chi connectivity index (χ2v) is 8.37. The SMILES string of the molecule is Cc1cc(S(=O)(=O)NCCc2c(C)n(C)c3ccccc23)ccc1Cl. The molecule has 3 rings (SSSR count). The number of nitrogens with one attached hydrogen (secondary N) is 1. The van der Waals surface area contributed by atoms with Gasteiger partial charge in [0.25, 0.3) is 0 Å². The Morgan fingerprint density at radius 1 is 1.12 bits per heavy atom. The van der Waals surface area contributed by atoms with E-state index in [9.17, 15) is 8.42 Å². The van der Waals surface area contributed by atoms with Crippen molar-refractivity contribution >= 4 is 32.5 Å². The highest BCUT2D eigenvalue weighted by atomic mass is 35.5. The maximum atomic E-state index is 12.5. The van der Waals surface area contributed by atoms with E-state index in [1.165, 1.54) is 17.0 Å². The van der Waals surface area contributed by atoms with Crippen LogP contribution in [0.15, 0.2) is 47.4 Å². The van der Waals surface area contributed by atoms with Crippen molar-refractivity contribution in [3.8, 4) is 0 Å². The lowest BCUT2D eigenvalue weighted by Gasteiger charge is -2.09. The number of benzene rings is 2. The van der Waals surface area contributed by atoms with Crippen molar-refractivity contribution in [1.82, 2.24) is 9.29 Å². The summed E-state index contributed by atoms with van der Waals surface area (Å²) in [5.74, 6) is 0. The molecule has 0 atom stereocenters. The second-order valence-electron chi connectivity index (χ2n) is 6.20. The normalized spacial score (nSPS) is 12.0. The zero-order valence-corrected chi connectivity index (χ0v) is 16.1. The molecule has 0 spiro atoms. The molecule has 2 aromatic carbocycles. The zero-order valence-electron chi connectivity index (χ0n) is 14.5. The lowest BCUT2D eigenvalue weighted by atomic mass is 10.1. The largest absolute Gasteiger partial charge is 0.348 e. The summed E-state index contributed by atoms with van der Waals surface area (Å²) in [6, 6.07) is 12.9. The fraction of sp³-hybridized carbons (Fsp3) is 0.263. The molecule has 0 aliphatic rings. The molecule has 0 saturated carbocycles. The summed E-state index contributed by atoms with van der Waals surface area (Å²) in [6.07, 6.45) is 0.638. The first kappa shape index (κ1) is 18.0. The van der Waals surface area contributed by atoms with Crippen molar-refractivity contribution in [2.75, 3.05) is 6.54 Å². The minimum absolute atomic E-state index is 0.240. The first-order valence-corrected chi connectivity index (χ1v) is 9.96. The molecule has 0 fully saturated rings. The zero-order chi connectivity index (χ0) is 18.2. The number of aryl methyl sites for hydroxylation is 2. The third kappa shape index (κ3) is 3.45. The van der Waals surface area contributed by atoms with Crippen molar-refractivity contribution in [3.63, 3.8) is 0 Å². The molecule has 1 N–H and O–H groups in total. The van der Waals surface area contributed by atoms with Gasteiger partial charge in [0.1, 0.15) is 0 Å². The van der Waals surface area contributed by atoms with E-state index in [0.717, 1.165) is 16.8 Å². The highest BCUT2D eigenvalue weighted by Crippen LogP contribution is 2.25. The Kier molecular flexibility index (Phi) is 4.91. The first-order valence-electron chi connectivity index (χ1n) is 8.10. The van der Waals surface area contributed by atoms with Crippen LogP contribution in [-0.4, -0.2) is 19.5 Å². The summed E-state index contributed by atoms with van der Waals surface area (Å²) < 4.78 is 29.8. The van der Waals surface area contributed by atoms with E-state index in [-0.39, 0.29) is 4.90 Å². The molecule has 0 radical (unpaired) electrons. The third-order valence-corrected chi connectivity index (χ3v) is 6.52. The Hall–Kier alpha value is -1.82. The Balaban J connectivity index is 1.79. The van der Waals surface area contributed by atoms with Gasteiger partial charge < -0.3 is 4.57 Å². The predicted octanol–water partition coefficient (Wildman–Crippen LogP) is 3.97. The average molecular weight is 377 g/mol. The summed E-state index contributed by atoms with van der Waals surface area (Å²) in [5, 5.41) is 1.73. The van der Waals surface area contributed by atoms with E-state index >= 15 is 0 Å². The van der Waals surface area contributed by atoms with Gasteiger partial charge in [0.2, 0.25) is 10.0 Å². The van der Waals surface area contributed by atoms with Crippen LogP contribution in [0.1, 0.15) is 16.8 Å². The fourth-order valence-electron chi connectivity index (χ4n) is 3.09. The molecule has 0 saturated heterocycles. The molecule has 0 unspecified atom stereocenters. The van der Waals surface area contributed by atoms with Gasteiger partial charge in [-0.1, -0.05) is 29.8 Å². The van der Waals surface area contributed by atoms with Crippen molar-refractivity contribution < 1.29 is 8.42 Å². The minimum atomic E-state index is -3.54. The average Bonchev–Trinajstić information content (AvgIpc) is 2.82. The predicted molar refractivity (Wildman–Crippen MR) is 103 cm³/mol. The first-order chi connectivity index (χ1) is 11.8. The van der Waals surface area contributed by atoms with Crippen LogP contribution in [-0.2, 0) is 23.5 Å². The topological polar surface area (TPSA) is 51.1 Å². The van der Waals surface area contributed by atoms with Gasteiger partial charge in [0.15, 0.2) is 0 Å². The summed E-state index contributed by atoms with van der Waals surface area (Å²) in [7, 11) is -1.51. The number of halogens is 1. The van der Waals surface area contributed by atoms with E-state index in [0.29, 0.717) is 18.0 Å². The monoisotopic (exact) mass is 376 g/mol. The summed E-state index contributed by atoms with van der Waals surface area (Å²) in [6.45, 7) is 4.20. The Labute approximate surface area is 153 Å². The van der Waals surface area contributed by atoms with E-state index in [1.807, 2.05) is 19.2 Å². The number of fused-ring (bicyclic) bond motifs is 1. The van der Waals surface area contributed by atoms with Gasteiger partial charge in [-0.15, -0.1) is 0 Å². The van der Waals surface area contributed by atoms with E-state index in [1.54, 1.807) is 19.1 Å². The summed E-state index contributed by atoms with van der Waals surface area (Å²) in [4.78, 5) is 0.240. The van der Waals surface area contributed by atoms with Crippen LogP contribution >= 0.6 is 11.6 Å². The van der Waals surface area contributed by atoms with Crippen LogP contribution < -0.4 is 4.72 Å². The van der Waals surface area contributed by atoms with E-state index in [2.05, 4.69) is 28.3 Å².